The number of esters is 2. The zero-order valence-electron chi connectivity index (χ0n) is 26.6. The SMILES string of the molecule is CC(C)(C)OC(=O)CCCCCCC[C@H](N)C(=O)N[C@@H](CC(=O)OC1CCCCC1)C(=O)N[C@@H](Cc1ccccc1)C(N)=O. The molecule has 1 aromatic carbocycles. The summed E-state index contributed by atoms with van der Waals surface area (Å²) in [5.41, 5.74) is 12.0. The number of amides is 3. The first-order valence-corrected chi connectivity index (χ1v) is 15.9. The van der Waals surface area contributed by atoms with Crippen molar-refractivity contribution in [1.29, 1.82) is 0 Å². The van der Waals surface area contributed by atoms with Crippen molar-refractivity contribution in [2.45, 2.75) is 140 Å². The molecule has 0 saturated heterocycles. The maximum Gasteiger partial charge on any atom is 0.308 e. The maximum atomic E-state index is 13.3. The van der Waals surface area contributed by atoms with Gasteiger partial charge < -0.3 is 31.6 Å². The van der Waals surface area contributed by atoms with Gasteiger partial charge >= 0.3 is 11.9 Å². The molecule has 0 spiro atoms. The van der Waals surface area contributed by atoms with E-state index in [1.165, 1.54) is 0 Å². The maximum absolute atomic E-state index is 13.3. The number of benzene rings is 1. The minimum atomic E-state index is -1.28. The minimum absolute atomic E-state index is 0.159. The number of primary amides is 1. The summed E-state index contributed by atoms with van der Waals surface area (Å²) in [4.78, 5) is 63.1. The molecule has 1 aromatic rings. The largest absolute Gasteiger partial charge is 0.462 e. The normalized spacial score (nSPS) is 15.8. The zero-order valence-corrected chi connectivity index (χ0v) is 26.6. The average Bonchev–Trinajstić information content (AvgIpc) is 2.95. The van der Waals surface area contributed by atoms with Gasteiger partial charge in [0.15, 0.2) is 0 Å². The molecule has 3 amide bonds. The summed E-state index contributed by atoms with van der Waals surface area (Å²) in [6, 6.07) is 5.86. The summed E-state index contributed by atoms with van der Waals surface area (Å²) >= 11 is 0. The highest BCUT2D eigenvalue weighted by molar-refractivity contribution is 5.94. The van der Waals surface area contributed by atoms with Crippen LogP contribution in [0.4, 0.5) is 0 Å². The molecule has 1 aliphatic rings. The van der Waals surface area contributed by atoms with Crippen molar-refractivity contribution >= 4 is 29.7 Å². The van der Waals surface area contributed by atoms with E-state index in [0.717, 1.165) is 63.4 Å². The molecule has 246 valence electrons. The standard InChI is InChI=1S/C33H52N4O7/c1-33(2,3)44-28(38)20-14-6-4-5-13-19-25(34)31(41)37-27(22-29(39)43-24-17-11-8-12-18-24)32(42)36-26(30(35)40)21-23-15-9-7-10-16-23/h7,9-10,15-16,24-27H,4-6,8,11-14,17-22,34H2,1-3H3,(H2,35,40)(H,36,42)(H,37,41)/t25-,26-,27-/m0/s1. The number of unbranched alkanes of at least 4 members (excludes halogenated alkanes) is 4. The molecule has 1 fully saturated rings. The summed E-state index contributed by atoms with van der Waals surface area (Å²) in [5.74, 6) is -2.83. The monoisotopic (exact) mass is 616 g/mol. The first kappa shape index (κ1) is 36.7. The van der Waals surface area contributed by atoms with E-state index in [-0.39, 0.29) is 18.5 Å². The number of nitrogens with two attached hydrogens (primary N) is 2. The molecule has 1 saturated carbocycles. The lowest BCUT2D eigenvalue weighted by molar-refractivity contribution is -0.155. The summed E-state index contributed by atoms with van der Waals surface area (Å²) < 4.78 is 10.9. The fourth-order valence-electron chi connectivity index (χ4n) is 5.10. The molecule has 0 aromatic heterocycles. The van der Waals surface area contributed by atoms with Gasteiger partial charge in [0.2, 0.25) is 17.7 Å². The van der Waals surface area contributed by atoms with Crippen LogP contribution in [0, 0.1) is 0 Å². The van der Waals surface area contributed by atoms with Gasteiger partial charge in [-0.3, -0.25) is 24.0 Å². The van der Waals surface area contributed by atoms with Gasteiger partial charge in [0, 0.05) is 12.8 Å². The number of carbonyl (C=O) groups excluding carboxylic acids is 5. The molecule has 3 atom stereocenters. The molecule has 1 aliphatic carbocycles. The van der Waals surface area contributed by atoms with Gasteiger partial charge in [-0.15, -0.1) is 0 Å². The molecule has 11 heteroatoms. The average molecular weight is 617 g/mol. The van der Waals surface area contributed by atoms with Crippen molar-refractivity contribution < 1.29 is 33.4 Å². The van der Waals surface area contributed by atoms with E-state index in [1.54, 1.807) is 0 Å². The predicted octanol–water partition coefficient (Wildman–Crippen LogP) is 3.35. The van der Waals surface area contributed by atoms with Gasteiger partial charge in [-0.1, -0.05) is 62.4 Å². The lowest BCUT2D eigenvalue weighted by atomic mass is 9.98. The number of hydrogen-bond donors (Lipinski definition) is 4. The Bertz CT molecular complexity index is 1070. The van der Waals surface area contributed by atoms with Crippen LogP contribution in [0.25, 0.3) is 0 Å². The molecule has 11 nitrogen and oxygen atoms in total. The van der Waals surface area contributed by atoms with Crippen LogP contribution >= 0.6 is 0 Å². The Kier molecular flexibility index (Phi) is 15.9. The summed E-state index contributed by atoms with van der Waals surface area (Å²) in [7, 11) is 0. The fraction of sp³-hybridized carbons (Fsp3) is 0.667. The predicted molar refractivity (Wildman–Crippen MR) is 167 cm³/mol. The van der Waals surface area contributed by atoms with E-state index in [0.29, 0.717) is 19.3 Å². The van der Waals surface area contributed by atoms with Crippen LogP contribution < -0.4 is 22.1 Å². The molecular formula is C33H52N4O7. The number of hydrogen-bond acceptors (Lipinski definition) is 8. The first-order valence-electron chi connectivity index (χ1n) is 15.9. The molecule has 0 radical (unpaired) electrons. The second-order valence-electron chi connectivity index (χ2n) is 12.7. The number of carbonyl (C=O) groups is 5. The smallest absolute Gasteiger partial charge is 0.308 e. The topological polar surface area (TPSA) is 180 Å². The van der Waals surface area contributed by atoms with Crippen molar-refractivity contribution in [2.24, 2.45) is 11.5 Å². The number of nitrogens with one attached hydrogen (secondary N) is 2. The highest BCUT2D eigenvalue weighted by atomic mass is 16.6. The van der Waals surface area contributed by atoms with E-state index in [9.17, 15) is 24.0 Å². The van der Waals surface area contributed by atoms with Crippen molar-refractivity contribution in [1.82, 2.24) is 10.6 Å². The van der Waals surface area contributed by atoms with Crippen molar-refractivity contribution in [3.63, 3.8) is 0 Å². The van der Waals surface area contributed by atoms with Gasteiger partial charge in [-0.2, -0.15) is 0 Å². The molecule has 44 heavy (non-hydrogen) atoms. The van der Waals surface area contributed by atoms with E-state index in [2.05, 4.69) is 10.6 Å². The Morgan fingerprint density at radius 3 is 2.09 bits per heavy atom. The van der Waals surface area contributed by atoms with Crippen molar-refractivity contribution in [3.8, 4) is 0 Å². The highest BCUT2D eigenvalue weighted by Gasteiger charge is 2.31. The number of ether oxygens (including phenoxy) is 2. The van der Waals surface area contributed by atoms with Crippen molar-refractivity contribution in [2.75, 3.05) is 0 Å². The highest BCUT2D eigenvalue weighted by Crippen LogP contribution is 2.21. The van der Waals surface area contributed by atoms with Crippen LogP contribution in [0.15, 0.2) is 30.3 Å². The zero-order chi connectivity index (χ0) is 32.5. The van der Waals surface area contributed by atoms with E-state index in [4.69, 9.17) is 20.9 Å². The van der Waals surface area contributed by atoms with Crippen molar-refractivity contribution in [3.05, 3.63) is 35.9 Å². The second kappa shape index (κ2) is 19.0. The van der Waals surface area contributed by atoms with Gasteiger partial charge in [-0.05, 0) is 64.9 Å². The van der Waals surface area contributed by atoms with Crippen LogP contribution in [0.2, 0.25) is 0 Å². The van der Waals surface area contributed by atoms with E-state index in [1.807, 2.05) is 51.1 Å². The third-order valence-corrected chi connectivity index (χ3v) is 7.45. The molecule has 0 aliphatic heterocycles. The molecular weight excluding hydrogens is 564 g/mol. The van der Waals surface area contributed by atoms with E-state index < -0.39 is 53.8 Å². The Balaban J connectivity index is 1.90. The van der Waals surface area contributed by atoms with Crippen LogP contribution in [0.1, 0.15) is 110 Å². The summed E-state index contributed by atoms with van der Waals surface area (Å²) in [6.07, 6.45) is 8.85. The quantitative estimate of drug-likeness (QED) is 0.143. The van der Waals surface area contributed by atoms with Crippen LogP contribution in [-0.4, -0.2) is 59.5 Å². The third kappa shape index (κ3) is 15.3. The molecule has 6 N–H and O–H groups in total. The Morgan fingerprint density at radius 2 is 1.45 bits per heavy atom. The second-order valence-corrected chi connectivity index (χ2v) is 12.7. The molecule has 0 heterocycles. The molecule has 0 unspecified atom stereocenters. The Hall–Kier alpha value is -3.47. The summed E-state index contributed by atoms with van der Waals surface area (Å²) in [6.45, 7) is 5.52. The Morgan fingerprint density at radius 1 is 0.841 bits per heavy atom. The number of rotatable bonds is 18. The van der Waals surface area contributed by atoms with Crippen LogP contribution in [0.3, 0.4) is 0 Å². The summed E-state index contributed by atoms with van der Waals surface area (Å²) in [5, 5.41) is 5.21. The molecule has 2 rings (SSSR count). The lowest BCUT2D eigenvalue weighted by Crippen LogP contribution is -2.56. The third-order valence-electron chi connectivity index (χ3n) is 7.45. The molecule has 0 bridgehead atoms. The van der Waals surface area contributed by atoms with Gasteiger partial charge in [0.1, 0.15) is 23.8 Å². The first-order chi connectivity index (χ1) is 20.8. The fourth-order valence-corrected chi connectivity index (χ4v) is 5.10. The van der Waals surface area contributed by atoms with Crippen LogP contribution in [0.5, 0.6) is 0 Å². The van der Waals surface area contributed by atoms with Gasteiger partial charge in [0.05, 0.1) is 12.5 Å². The van der Waals surface area contributed by atoms with Gasteiger partial charge in [-0.25, -0.2) is 0 Å². The lowest BCUT2D eigenvalue weighted by Gasteiger charge is -2.25. The minimum Gasteiger partial charge on any atom is -0.462 e. The van der Waals surface area contributed by atoms with E-state index >= 15 is 0 Å². The van der Waals surface area contributed by atoms with Crippen LogP contribution in [-0.2, 0) is 39.9 Å². The van der Waals surface area contributed by atoms with Gasteiger partial charge in [0.25, 0.3) is 0 Å². The Labute approximate surface area is 261 Å².